The third-order valence-corrected chi connectivity index (χ3v) is 8.43. The standard InChI is InChI=1S/C34H38O4/c1-21-17-26(9-13-30(21)36)34(6,27-10-14-31(37)22(2)18-27)16-15-33(5,25-7-11-29(35)12-8-25)28-19-23(3)32(38)24(4)20-28/h7-14,17-20,35-38H,15-16H2,1-6H3. The van der Waals surface area contributed by atoms with Crippen molar-refractivity contribution in [2.75, 3.05) is 0 Å². The minimum absolute atomic E-state index is 0.221. The lowest BCUT2D eigenvalue weighted by Crippen LogP contribution is -2.31. The van der Waals surface area contributed by atoms with E-state index in [1.54, 1.807) is 24.3 Å². The molecular weight excluding hydrogens is 472 g/mol. The third kappa shape index (κ3) is 4.96. The minimum Gasteiger partial charge on any atom is -0.508 e. The summed E-state index contributed by atoms with van der Waals surface area (Å²) in [4.78, 5) is 0. The molecule has 0 saturated heterocycles. The van der Waals surface area contributed by atoms with Crippen LogP contribution < -0.4 is 0 Å². The van der Waals surface area contributed by atoms with E-state index in [4.69, 9.17) is 0 Å². The highest BCUT2D eigenvalue weighted by Gasteiger charge is 2.36. The zero-order chi connectivity index (χ0) is 27.8. The Bertz CT molecular complexity index is 1390. The third-order valence-electron chi connectivity index (χ3n) is 8.43. The van der Waals surface area contributed by atoms with Gasteiger partial charge in [0.05, 0.1) is 0 Å². The van der Waals surface area contributed by atoms with Crippen LogP contribution in [0.2, 0.25) is 0 Å². The molecule has 38 heavy (non-hydrogen) atoms. The molecule has 0 saturated carbocycles. The van der Waals surface area contributed by atoms with Gasteiger partial charge < -0.3 is 20.4 Å². The fraction of sp³-hybridized carbons (Fsp3) is 0.294. The number of aryl methyl sites for hydroxylation is 4. The normalized spacial score (nSPS) is 13.3. The molecule has 0 fully saturated rings. The Labute approximate surface area is 225 Å². The Hall–Kier alpha value is -3.92. The van der Waals surface area contributed by atoms with E-state index in [9.17, 15) is 20.4 Å². The van der Waals surface area contributed by atoms with E-state index >= 15 is 0 Å². The van der Waals surface area contributed by atoms with Gasteiger partial charge in [-0.2, -0.15) is 0 Å². The van der Waals surface area contributed by atoms with E-state index in [0.717, 1.165) is 57.3 Å². The summed E-state index contributed by atoms with van der Waals surface area (Å²) < 4.78 is 0. The van der Waals surface area contributed by atoms with E-state index in [1.807, 2.05) is 64.1 Å². The Morgan fingerprint density at radius 2 is 0.842 bits per heavy atom. The van der Waals surface area contributed by atoms with Gasteiger partial charge >= 0.3 is 0 Å². The Morgan fingerprint density at radius 1 is 0.474 bits per heavy atom. The molecule has 0 aliphatic carbocycles. The number of aromatic hydroxyl groups is 4. The van der Waals surface area contributed by atoms with E-state index in [2.05, 4.69) is 26.0 Å². The monoisotopic (exact) mass is 510 g/mol. The van der Waals surface area contributed by atoms with Crippen molar-refractivity contribution in [1.29, 1.82) is 0 Å². The molecule has 0 heterocycles. The molecule has 4 N–H and O–H groups in total. The molecule has 198 valence electrons. The summed E-state index contributed by atoms with van der Waals surface area (Å²) >= 11 is 0. The average Bonchev–Trinajstić information content (AvgIpc) is 2.88. The summed E-state index contributed by atoms with van der Waals surface area (Å²) in [5, 5.41) is 41.0. The average molecular weight is 511 g/mol. The highest BCUT2D eigenvalue weighted by molar-refractivity contribution is 5.50. The predicted molar refractivity (Wildman–Crippen MR) is 154 cm³/mol. The summed E-state index contributed by atoms with van der Waals surface area (Å²) in [5.74, 6) is 1.06. The van der Waals surface area contributed by atoms with Crippen molar-refractivity contribution in [1.82, 2.24) is 0 Å². The van der Waals surface area contributed by atoms with Gasteiger partial charge in [0.1, 0.15) is 23.0 Å². The van der Waals surface area contributed by atoms with Crippen molar-refractivity contribution in [2.24, 2.45) is 0 Å². The van der Waals surface area contributed by atoms with Gasteiger partial charge in [-0.15, -0.1) is 0 Å². The molecule has 0 aliphatic heterocycles. The summed E-state index contributed by atoms with van der Waals surface area (Å²) in [6, 6.07) is 23.1. The van der Waals surface area contributed by atoms with Crippen molar-refractivity contribution < 1.29 is 20.4 Å². The van der Waals surface area contributed by atoms with Crippen molar-refractivity contribution in [3.63, 3.8) is 0 Å². The second-order valence-corrected chi connectivity index (χ2v) is 11.2. The molecule has 1 atom stereocenters. The number of phenolic OH excluding ortho intramolecular Hbond substituents is 4. The molecule has 0 aliphatic rings. The van der Waals surface area contributed by atoms with Gasteiger partial charge in [0, 0.05) is 10.8 Å². The van der Waals surface area contributed by atoms with Crippen LogP contribution in [-0.2, 0) is 10.8 Å². The molecule has 0 aromatic heterocycles. The van der Waals surface area contributed by atoms with Gasteiger partial charge in [0.25, 0.3) is 0 Å². The van der Waals surface area contributed by atoms with Crippen LogP contribution in [0, 0.1) is 27.7 Å². The molecule has 4 aromatic rings. The number of rotatable bonds is 7. The molecule has 0 bridgehead atoms. The summed E-state index contributed by atoms with van der Waals surface area (Å²) in [7, 11) is 0. The smallest absolute Gasteiger partial charge is 0.121 e. The highest BCUT2D eigenvalue weighted by Crippen LogP contribution is 2.46. The molecule has 4 nitrogen and oxygen atoms in total. The maximum absolute atomic E-state index is 10.5. The van der Waals surface area contributed by atoms with Crippen LogP contribution in [0.15, 0.2) is 72.8 Å². The van der Waals surface area contributed by atoms with Gasteiger partial charge in [-0.3, -0.25) is 0 Å². The number of benzene rings is 4. The van der Waals surface area contributed by atoms with Crippen LogP contribution in [0.4, 0.5) is 0 Å². The molecule has 0 radical (unpaired) electrons. The summed E-state index contributed by atoms with van der Waals surface area (Å²) in [5.41, 5.74) is 6.80. The van der Waals surface area contributed by atoms with Gasteiger partial charge in [0.15, 0.2) is 0 Å². The first-order valence-corrected chi connectivity index (χ1v) is 13.1. The SMILES string of the molecule is Cc1cc(C(C)(CCC(C)(c2ccc(O)cc2)c2cc(C)c(O)c(C)c2)c2ccc(O)c(C)c2)ccc1O. The predicted octanol–water partition coefficient (Wildman–Crippen LogP) is 7.84. The minimum atomic E-state index is -0.421. The van der Waals surface area contributed by atoms with Gasteiger partial charge in [-0.1, -0.05) is 62.4 Å². The van der Waals surface area contributed by atoms with Crippen LogP contribution in [-0.4, -0.2) is 20.4 Å². The maximum Gasteiger partial charge on any atom is 0.121 e. The lowest BCUT2D eigenvalue weighted by molar-refractivity contribution is 0.408. The Morgan fingerprint density at radius 3 is 1.26 bits per heavy atom. The summed E-state index contributed by atoms with van der Waals surface area (Å²) in [6.45, 7) is 12.1. The van der Waals surface area contributed by atoms with Crippen molar-refractivity contribution in [2.45, 2.75) is 65.2 Å². The maximum atomic E-state index is 10.5. The van der Waals surface area contributed by atoms with Crippen LogP contribution >= 0.6 is 0 Å². The molecule has 0 spiro atoms. The zero-order valence-electron chi connectivity index (χ0n) is 23.1. The van der Waals surface area contributed by atoms with E-state index in [0.29, 0.717) is 5.75 Å². The largest absolute Gasteiger partial charge is 0.508 e. The van der Waals surface area contributed by atoms with Crippen LogP contribution in [0.1, 0.15) is 71.2 Å². The fourth-order valence-corrected chi connectivity index (χ4v) is 5.51. The Kier molecular flexibility index (Phi) is 7.20. The fourth-order valence-electron chi connectivity index (χ4n) is 5.51. The van der Waals surface area contributed by atoms with Gasteiger partial charge in [-0.25, -0.2) is 0 Å². The van der Waals surface area contributed by atoms with E-state index < -0.39 is 10.8 Å². The first-order chi connectivity index (χ1) is 17.8. The number of phenols is 4. The first kappa shape index (κ1) is 27.1. The van der Waals surface area contributed by atoms with Gasteiger partial charge in [-0.05, 0) is 109 Å². The topological polar surface area (TPSA) is 80.9 Å². The van der Waals surface area contributed by atoms with Crippen molar-refractivity contribution >= 4 is 0 Å². The lowest BCUT2D eigenvalue weighted by atomic mass is 9.65. The molecular formula is C34H38O4. The van der Waals surface area contributed by atoms with E-state index in [1.165, 1.54) is 0 Å². The molecule has 4 heteroatoms. The molecule has 0 amide bonds. The van der Waals surface area contributed by atoms with Crippen LogP contribution in [0.5, 0.6) is 23.0 Å². The van der Waals surface area contributed by atoms with Crippen LogP contribution in [0.25, 0.3) is 0 Å². The Balaban J connectivity index is 1.87. The second-order valence-electron chi connectivity index (χ2n) is 11.2. The number of hydrogen-bond acceptors (Lipinski definition) is 4. The second kappa shape index (κ2) is 10.1. The van der Waals surface area contributed by atoms with Crippen molar-refractivity contribution in [3.8, 4) is 23.0 Å². The van der Waals surface area contributed by atoms with Crippen molar-refractivity contribution in [3.05, 3.63) is 117 Å². The molecule has 4 rings (SSSR count). The lowest BCUT2D eigenvalue weighted by Gasteiger charge is -2.38. The summed E-state index contributed by atoms with van der Waals surface area (Å²) in [6.07, 6.45) is 1.52. The number of hydrogen-bond donors (Lipinski definition) is 4. The zero-order valence-corrected chi connectivity index (χ0v) is 23.1. The quantitative estimate of drug-likeness (QED) is 0.204. The first-order valence-electron chi connectivity index (χ1n) is 13.1. The molecule has 1 unspecified atom stereocenters. The van der Waals surface area contributed by atoms with Gasteiger partial charge in [0.2, 0.25) is 0 Å². The molecule has 4 aromatic carbocycles. The van der Waals surface area contributed by atoms with Crippen LogP contribution in [0.3, 0.4) is 0 Å². The highest BCUT2D eigenvalue weighted by atomic mass is 16.3. The van der Waals surface area contributed by atoms with E-state index in [-0.39, 0.29) is 17.2 Å².